The van der Waals surface area contributed by atoms with Gasteiger partial charge in [0.15, 0.2) is 0 Å². The van der Waals surface area contributed by atoms with Crippen LogP contribution in [0, 0.1) is 0 Å². The van der Waals surface area contributed by atoms with Crippen LogP contribution in [0.1, 0.15) is 18.5 Å². The highest BCUT2D eigenvalue weighted by Crippen LogP contribution is 2.30. The molecule has 0 aromatic heterocycles. The van der Waals surface area contributed by atoms with E-state index in [9.17, 15) is 4.79 Å². The van der Waals surface area contributed by atoms with Gasteiger partial charge < -0.3 is 5.11 Å². The van der Waals surface area contributed by atoms with Crippen LogP contribution in [0.4, 0.5) is 0 Å². The van der Waals surface area contributed by atoms with Crippen LogP contribution < -0.4 is 0 Å². The van der Waals surface area contributed by atoms with Gasteiger partial charge in [-0.3, -0.25) is 14.6 Å². The third-order valence-corrected chi connectivity index (χ3v) is 4.29. The second-order valence-corrected chi connectivity index (χ2v) is 5.89. The molecule has 4 nitrogen and oxygen atoms in total. The van der Waals surface area contributed by atoms with Crippen LogP contribution in [0.25, 0.3) is 0 Å². The minimum absolute atomic E-state index is 0.115. The molecule has 1 aliphatic heterocycles. The van der Waals surface area contributed by atoms with Crippen molar-refractivity contribution in [3.05, 3.63) is 33.8 Å². The zero-order valence-corrected chi connectivity index (χ0v) is 12.9. The Morgan fingerprint density at radius 3 is 2.50 bits per heavy atom. The number of rotatable bonds is 4. The summed E-state index contributed by atoms with van der Waals surface area (Å²) in [6.07, 6.45) is 0. The molecule has 1 N–H and O–H groups in total. The number of carboxylic acids is 1. The Kier molecular flexibility index (Phi) is 5.27. The lowest BCUT2D eigenvalue weighted by Crippen LogP contribution is -2.48. The molecule has 1 aliphatic rings. The highest BCUT2D eigenvalue weighted by atomic mass is 35.5. The first-order chi connectivity index (χ1) is 9.47. The van der Waals surface area contributed by atoms with Gasteiger partial charge in [-0.15, -0.1) is 0 Å². The molecule has 1 fully saturated rings. The summed E-state index contributed by atoms with van der Waals surface area (Å²) in [4.78, 5) is 15.0. The topological polar surface area (TPSA) is 43.8 Å². The van der Waals surface area contributed by atoms with E-state index in [1.807, 2.05) is 17.0 Å². The predicted octanol–water partition coefficient (Wildman–Crippen LogP) is 2.76. The third-order valence-electron chi connectivity index (χ3n) is 3.73. The van der Waals surface area contributed by atoms with Gasteiger partial charge in [0.05, 0.1) is 6.54 Å². The van der Waals surface area contributed by atoms with Gasteiger partial charge in [-0.1, -0.05) is 29.3 Å². The van der Waals surface area contributed by atoms with E-state index in [0.717, 1.165) is 31.7 Å². The number of halogens is 2. The Morgan fingerprint density at radius 1 is 1.30 bits per heavy atom. The van der Waals surface area contributed by atoms with Crippen LogP contribution in [0.5, 0.6) is 0 Å². The molecule has 1 saturated heterocycles. The largest absolute Gasteiger partial charge is 0.480 e. The van der Waals surface area contributed by atoms with Crippen molar-refractivity contribution < 1.29 is 9.90 Å². The predicted molar refractivity (Wildman–Crippen MR) is 80.5 cm³/mol. The van der Waals surface area contributed by atoms with Gasteiger partial charge in [0.1, 0.15) is 0 Å². The van der Waals surface area contributed by atoms with E-state index >= 15 is 0 Å². The normalized spacial score (nSPS) is 18.9. The molecular formula is C14H18Cl2N2O2. The van der Waals surface area contributed by atoms with Gasteiger partial charge in [0, 0.05) is 42.3 Å². The molecular weight excluding hydrogens is 299 g/mol. The number of carbonyl (C=O) groups is 1. The Morgan fingerprint density at radius 2 is 1.95 bits per heavy atom. The van der Waals surface area contributed by atoms with Crippen LogP contribution in [0.2, 0.25) is 10.0 Å². The summed E-state index contributed by atoms with van der Waals surface area (Å²) in [5.41, 5.74) is 1.06. The van der Waals surface area contributed by atoms with Crippen LogP contribution >= 0.6 is 23.2 Å². The van der Waals surface area contributed by atoms with Gasteiger partial charge >= 0.3 is 5.97 Å². The van der Waals surface area contributed by atoms with Crippen LogP contribution in [-0.4, -0.2) is 53.6 Å². The molecule has 0 aliphatic carbocycles. The van der Waals surface area contributed by atoms with Crippen molar-refractivity contribution >= 4 is 29.2 Å². The molecule has 0 amide bonds. The summed E-state index contributed by atoms with van der Waals surface area (Å²) in [6, 6.07) is 5.76. The minimum Gasteiger partial charge on any atom is -0.480 e. The second kappa shape index (κ2) is 6.76. The van der Waals surface area contributed by atoms with E-state index < -0.39 is 5.97 Å². The first-order valence-electron chi connectivity index (χ1n) is 6.60. The number of piperazine rings is 1. The number of nitrogens with zero attached hydrogens (tertiary/aromatic N) is 2. The summed E-state index contributed by atoms with van der Waals surface area (Å²) in [6.45, 7) is 5.44. The van der Waals surface area contributed by atoms with Gasteiger partial charge in [-0.2, -0.15) is 0 Å². The van der Waals surface area contributed by atoms with E-state index in [1.54, 1.807) is 6.07 Å². The average Bonchev–Trinajstić information content (AvgIpc) is 2.38. The maximum Gasteiger partial charge on any atom is 0.317 e. The number of benzene rings is 1. The van der Waals surface area contributed by atoms with Crippen molar-refractivity contribution in [2.24, 2.45) is 0 Å². The van der Waals surface area contributed by atoms with Crippen LogP contribution in [-0.2, 0) is 4.79 Å². The third kappa shape index (κ3) is 3.85. The molecule has 1 heterocycles. The summed E-state index contributed by atoms with van der Waals surface area (Å²) in [7, 11) is 0. The molecule has 1 aromatic carbocycles. The fraction of sp³-hybridized carbons (Fsp3) is 0.500. The molecule has 2 rings (SSSR count). The van der Waals surface area contributed by atoms with Crippen LogP contribution in [0.3, 0.4) is 0 Å². The summed E-state index contributed by atoms with van der Waals surface area (Å²) in [5.74, 6) is -0.771. The van der Waals surface area contributed by atoms with E-state index in [1.165, 1.54) is 0 Å². The molecule has 110 valence electrons. The first kappa shape index (κ1) is 15.6. The van der Waals surface area contributed by atoms with Gasteiger partial charge in [0.2, 0.25) is 0 Å². The SMILES string of the molecule is CC(c1ccc(Cl)cc1Cl)N1CCN(CC(=O)O)CC1. The quantitative estimate of drug-likeness (QED) is 0.927. The minimum atomic E-state index is -0.771. The van der Waals surface area contributed by atoms with Gasteiger partial charge in [-0.05, 0) is 24.6 Å². The smallest absolute Gasteiger partial charge is 0.317 e. The Bertz CT molecular complexity index is 488. The van der Waals surface area contributed by atoms with E-state index in [0.29, 0.717) is 10.0 Å². The molecule has 1 aromatic rings. The van der Waals surface area contributed by atoms with Crippen molar-refractivity contribution in [1.82, 2.24) is 9.80 Å². The monoisotopic (exact) mass is 316 g/mol. The van der Waals surface area contributed by atoms with Crippen molar-refractivity contribution in [1.29, 1.82) is 0 Å². The lowest BCUT2D eigenvalue weighted by molar-refractivity contribution is -0.138. The number of hydrogen-bond acceptors (Lipinski definition) is 3. The fourth-order valence-corrected chi connectivity index (χ4v) is 3.10. The highest BCUT2D eigenvalue weighted by Gasteiger charge is 2.24. The maximum atomic E-state index is 10.7. The molecule has 1 atom stereocenters. The van der Waals surface area contributed by atoms with E-state index in [4.69, 9.17) is 28.3 Å². The van der Waals surface area contributed by atoms with Gasteiger partial charge in [-0.25, -0.2) is 0 Å². The summed E-state index contributed by atoms with van der Waals surface area (Å²) >= 11 is 12.2. The second-order valence-electron chi connectivity index (χ2n) is 5.05. The average molecular weight is 317 g/mol. The Balaban J connectivity index is 1.97. The standard InChI is InChI=1S/C14H18Cl2N2O2/c1-10(12-3-2-11(15)8-13(12)16)18-6-4-17(5-7-18)9-14(19)20/h2-3,8,10H,4-7,9H2,1H3,(H,19,20). The van der Waals surface area contributed by atoms with Crippen molar-refractivity contribution in [2.45, 2.75) is 13.0 Å². The van der Waals surface area contributed by atoms with Crippen LogP contribution in [0.15, 0.2) is 18.2 Å². The zero-order chi connectivity index (χ0) is 14.7. The first-order valence-corrected chi connectivity index (χ1v) is 7.36. The molecule has 6 heteroatoms. The van der Waals surface area contributed by atoms with Crippen molar-refractivity contribution in [3.63, 3.8) is 0 Å². The lowest BCUT2D eigenvalue weighted by atomic mass is 10.1. The zero-order valence-electron chi connectivity index (χ0n) is 11.4. The van der Waals surface area contributed by atoms with Crippen molar-refractivity contribution in [2.75, 3.05) is 32.7 Å². The number of carboxylic acid groups (broad SMARTS) is 1. The van der Waals surface area contributed by atoms with Crippen molar-refractivity contribution in [3.8, 4) is 0 Å². The van der Waals surface area contributed by atoms with Gasteiger partial charge in [0.25, 0.3) is 0 Å². The molecule has 20 heavy (non-hydrogen) atoms. The molecule has 0 spiro atoms. The Labute approximate surface area is 128 Å². The lowest BCUT2D eigenvalue weighted by Gasteiger charge is -2.37. The molecule has 0 radical (unpaired) electrons. The summed E-state index contributed by atoms with van der Waals surface area (Å²) < 4.78 is 0. The molecule has 1 unspecified atom stereocenters. The summed E-state index contributed by atoms with van der Waals surface area (Å²) in [5, 5.41) is 10.1. The maximum absolute atomic E-state index is 10.7. The highest BCUT2D eigenvalue weighted by molar-refractivity contribution is 6.35. The van der Waals surface area contributed by atoms with E-state index in [2.05, 4.69) is 11.8 Å². The number of aliphatic carboxylic acids is 1. The fourth-order valence-electron chi connectivity index (χ4n) is 2.54. The molecule has 0 saturated carbocycles. The number of hydrogen-bond donors (Lipinski definition) is 1. The Hall–Kier alpha value is -0.810. The van der Waals surface area contributed by atoms with E-state index in [-0.39, 0.29) is 12.6 Å². The molecule has 0 bridgehead atoms.